The average Bonchev–Trinajstić information content (AvgIpc) is 3.14. The van der Waals surface area contributed by atoms with Crippen molar-refractivity contribution in [2.24, 2.45) is 7.05 Å². The van der Waals surface area contributed by atoms with Crippen LogP contribution in [0.4, 0.5) is 0 Å². The van der Waals surface area contributed by atoms with E-state index >= 15 is 0 Å². The van der Waals surface area contributed by atoms with Crippen molar-refractivity contribution < 1.29 is 9.53 Å². The molecular weight excluding hydrogens is 302 g/mol. The number of aryl methyl sites for hydroxylation is 1. The summed E-state index contributed by atoms with van der Waals surface area (Å²) in [5.41, 5.74) is 2.60. The Kier molecular flexibility index (Phi) is 4.51. The molecule has 0 amide bonds. The molecule has 0 saturated carbocycles. The zero-order valence-corrected chi connectivity index (χ0v) is 14.1. The molecule has 24 heavy (non-hydrogen) atoms. The van der Waals surface area contributed by atoms with Gasteiger partial charge in [0.25, 0.3) is 0 Å². The van der Waals surface area contributed by atoms with E-state index in [0.717, 1.165) is 17.1 Å². The van der Waals surface area contributed by atoms with E-state index in [9.17, 15) is 4.79 Å². The van der Waals surface area contributed by atoms with Gasteiger partial charge in [-0.3, -0.25) is 0 Å². The predicted octanol–water partition coefficient (Wildman–Crippen LogP) is 3.44. The summed E-state index contributed by atoms with van der Waals surface area (Å²) < 4.78 is 9.42. The summed E-state index contributed by atoms with van der Waals surface area (Å²) in [6.45, 7) is 4.41. The number of rotatable bonds is 5. The van der Waals surface area contributed by atoms with E-state index in [-0.39, 0.29) is 12.1 Å². The van der Waals surface area contributed by atoms with E-state index in [2.05, 4.69) is 4.98 Å². The molecule has 3 rings (SSSR count). The molecule has 1 aromatic carbocycles. The third-order valence-electron chi connectivity index (χ3n) is 4.09. The van der Waals surface area contributed by atoms with Crippen LogP contribution in [0.3, 0.4) is 0 Å². The van der Waals surface area contributed by atoms with Gasteiger partial charge in [0.2, 0.25) is 0 Å². The number of hydrogen-bond acceptors (Lipinski definition) is 3. The molecule has 0 fully saturated rings. The molecule has 2 heterocycles. The van der Waals surface area contributed by atoms with Crippen LogP contribution in [0.25, 0.3) is 11.3 Å². The highest BCUT2D eigenvalue weighted by Crippen LogP contribution is 2.22. The maximum Gasteiger partial charge on any atom is 0.355 e. The summed E-state index contributed by atoms with van der Waals surface area (Å²) in [7, 11) is 1.88. The van der Waals surface area contributed by atoms with Crippen molar-refractivity contribution in [1.82, 2.24) is 14.1 Å². The van der Waals surface area contributed by atoms with Crippen molar-refractivity contribution in [3.8, 4) is 11.3 Å². The number of esters is 1. The molecule has 3 aromatic rings. The fourth-order valence-electron chi connectivity index (χ4n) is 2.77. The molecule has 0 bridgehead atoms. The first-order valence-corrected chi connectivity index (χ1v) is 7.96. The van der Waals surface area contributed by atoms with Gasteiger partial charge < -0.3 is 13.9 Å². The lowest BCUT2D eigenvalue weighted by molar-refractivity contribution is 0.0294. The quantitative estimate of drug-likeness (QED) is 0.676. The number of hydrogen-bond donors (Lipinski definition) is 0. The standard InChI is InChI=1S/C19H21N3O2/c1-14(13-22-12-11-20-15(22)2)24-19(23)18-10-9-17(21(18)3)16-7-5-4-6-8-16/h4-12,14H,13H2,1-3H3. The van der Waals surface area contributed by atoms with Gasteiger partial charge in [0.15, 0.2) is 0 Å². The predicted molar refractivity (Wildman–Crippen MR) is 92.7 cm³/mol. The lowest BCUT2D eigenvalue weighted by atomic mass is 10.2. The van der Waals surface area contributed by atoms with Crippen LogP contribution >= 0.6 is 0 Å². The lowest BCUT2D eigenvalue weighted by Crippen LogP contribution is -2.22. The second-order valence-corrected chi connectivity index (χ2v) is 5.87. The maximum atomic E-state index is 12.5. The van der Waals surface area contributed by atoms with Gasteiger partial charge in [0.05, 0.1) is 6.54 Å². The monoisotopic (exact) mass is 323 g/mol. The van der Waals surface area contributed by atoms with Gasteiger partial charge in [-0.2, -0.15) is 0 Å². The van der Waals surface area contributed by atoms with Crippen LogP contribution in [0.15, 0.2) is 54.9 Å². The zero-order valence-electron chi connectivity index (χ0n) is 14.1. The number of benzene rings is 1. The number of imidazole rings is 1. The number of ether oxygens (including phenoxy) is 1. The average molecular weight is 323 g/mol. The number of nitrogens with zero attached hydrogens (tertiary/aromatic N) is 3. The summed E-state index contributed by atoms with van der Waals surface area (Å²) in [6, 6.07) is 13.7. The molecule has 0 radical (unpaired) electrons. The largest absolute Gasteiger partial charge is 0.456 e. The van der Waals surface area contributed by atoms with Crippen LogP contribution in [0.2, 0.25) is 0 Å². The first-order valence-electron chi connectivity index (χ1n) is 7.96. The number of carbonyl (C=O) groups is 1. The highest BCUT2D eigenvalue weighted by atomic mass is 16.5. The lowest BCUT2D eigenvalue weighted by Gasteiger charge is -2.15. The highest BCUT2D eigenvalue weighted by molar-refractivity contribution is 5.89. The van der Waals surface area contributed by atoms with Crippen molar-refractivity contribution in [1.29, 1.82) is 0 Å². The Labute approximate surface area is 141 Å². The fourth-order valence-corrected chi connectivity index (χ4v) is 2.77. The number of carbonyl (C=O) groups excluding carboxylic acids is 1. The van der Waals surface area contributed by atoms with Crippen molar-refractivity contribution in [3.63, 3.8) is 0 Å². The van der Waals surface area contributed by atoms with Gasteiger partial charge >= 0.3 is 5.97 Å². The fraction of sp³-hybridized carbons (Fsp3) is 0.263. The molecule has 0 spiro atoms. The summed E-state index contributed by atoms with van der Waals surface area (Å²) >= 11 is 0. The van der Waals surface area contributed by atoms with Crippen LogP contribution < -0.4 is 0 Å². The Morgan fingerprint density at radius 1 is 1.21 bits per heavy atom. The third kappa shape index (κ3) is 3.25. The molecule has 0 N–H and O–H groups in total. The summed E-state index contributed by atoms with van der Waals surface area (Å²) in [5, 5.41) is 0. The first-order chi connectivity index (χ1) is 11.6. The molecule has 5 nitrogen and oxygen atoms in total. The third-order valence-corrected chi connectivity index (χ3v) is 4.09. The van der Waals surface area contributed by atoms with Gasteiger partial charge in [-0.1, -0.05) is 30.3 Å². The Morgan fingerprint density at radius 3 is 2.62 bits per heavy atom. The topological polar surface area (TPSA) is 49.1 Å². The van der Waals surface area contributed by atoms with E-state index in [0.29, 0.717) is 12.2 Å². The first kappa shape index (κ1) is 16.1. The van der Waals surface area contributed by atoms with E-state index < -0.39 is 0 Å². The van der Waals surface area contributed by atoms with Crippen molar-refractivity contribution in [3.05, 3.63) is 66.4 Å². The van der Waals surface area contributed by atoms with Crippen LogP contribution in [-0.4, -0.2) is 26.2 Å². The number of aromatic nitrogens is 3. The molecule has 0 saturated heterocycles. The van der Waals surface area contributed by atoms with Gasteiger partial charge in [-0.15, -0.1) is 0 Å². The summed E-state index contributed by atoms with van der Waals surface area (Å²) in [5.74, 6) is 0.591. The van der Waals surface area contributed by atoms with Crippen molar-refractivity contribution >= 4 is 5.97 Å². The Balaban J connectivity index is 1.72. The Hall–Kier alpha value is -2.82. The van der Waals surface area contributed by atoms with Crippen molar-refractivity contribution in [2.75, 3.05) is 0 Å². The molecule has 0 aliphatic heterocycles. The van der Waals surface area contributed by atoms with Crippen LogP contribution in [0, 0.1) is 6.92 Å². The van der Waals surface area contributed by atoms with Crippen molar-refractivity contribution in [2.45, 2.75) is 26.5 Å². The SMILES string of the molecule is Cc1nccn1CC(C)OC(=O)c1ccc(-c2ccccc2)n1C. The second kappa shape index (κ2) is 6.74. The van der Waals surface area contributed by atoms with E-state index in [1.807, 2.05) is 72.6 Å². The molecular formula is C19H21N3O2. The van der Waals surface area contributed by atoms with Crippen LogP contribution in [-0.2, 0) is 18.3 Å². The van der Waals surface area contributed by atoms with Gasteiger partial charge in [-0.05, 0) is 31.5 Å². The smallest absolute Gasteiger partial charge is 0.355 e. The molecule has 0 aliphatic carbocycles. The molecule has 1 unspecified atom stereocenters. The Morgan fingerprint density at radius 2 is 1.96 bits per heavy atom. The minimum Gasteiger partial charge on any atom is -0.456 e. The van der Waals surface area contributed by atoms with E-state index in [1.165, 1.54) is 0 Å². The summed E-state index contributed by atoms with van der Waals surface area (Å²) in [6.07, 6.45) is 3.39. The van der Waals surface area contributed by atoms with E-state index in [1.54, 1.807) is 12.3 Å². The molecule has 0 aliphatic rings. The molecule has 124 valence electrons. The van der Waals surface area contributed by atoms with E-state index in [4.69, 9.17) is 4.74 Å². The molecule has 5 heteroatoms. The maximum absolute atomic E-state index is 12.5. The normalized spacial score (nSPS) is 12.1. The van der Waals surface area contributed by atoms with Crippen LogP contribution in [0.1, 0.15) is 23.2 Å². The summed E-state index contributed by atoms with van der Waals surface area (Å²) in [4.78, 5) is 16.6. The Bertz CT molecular complexity index is 833. The van der Waals surface area contributed by atoms with Gasteiger partial charge in [-0.25, -0.2) is 9.78 Å². The molecule has 2 aromatic heterocycles. The minimum atomic E-state index is -0.315. The van der Waals surface area contributed by atoms with Gasteiger partial charge in [0, 0.05) is 25.1 Å². The minimum absolute atomic E-state index is 0.236. The molecule has 1 atom stereocenters. The highest BCUT2D eigenvalue weighted by Gasteiger charge is 2.18. The second-order valence-electron chi connectivity index (χ2n) is 5.87. The van der Waals surface area contributed by atoms with Crippen LogP contribution in [0.5, 0.6) is 0 Å². The van der Waals surface area contributed by atoms with Gasteiger partial charge in [0.1, 0.15) is 17.6 Å². The zero-order chi connectivity index (χ0) is 17.1.